The Bertz CT molecular complexity index is 736. The van der Waals surface area contributed by atoms with Gasteiger partial charge in [-0.3, -0.25) is 4.79 Å². The van der Waals surface area contributed by atoms with Crippen molar-refractivity contribution in [2.24, 2.45) is 0 Å². The monoisotopic (exact) mass is 338 g/mol. The minimum atomic E-state index is -0.205. The highest BCUT2D eigenvalue weighted by molar-refractivity contribution is 6.03. The number of para-hydroxylation sites is 1. The van der Waals surface area contributed by atoms with Crippen LogP contribution >= 0.6 is 0 Å². The van der Waals surface area contributed by atoms with Gasteiger partial charge in [0.25, 0.3) is 5.91 Å². The predicted molar refractivity (Wildman–Crippen MR) is 101 cm³/mol. The van der Waals surface area contributed by atoms with Crippen molar-refractivity contribution >= 4 is 17.5 Å². The van der Waals surface area contributed by atoms with E-state index in [0.29, 0.717) is 17.7 Å². The summed E-state index contributed by atoms with van der Waals surface area (Å²) in [6.45, 7) is 3.87. The number of benzene rings is 1. The first-order valence-corrected chi connectivity index (χ1v) is 9.11. The first-order chi connectivity index (χ1) is 12.1. The summed E-state index contributed by atoms with van der Waals surface area (Å²) in [5, 5.41) is 6.37. The fourth-order valence-corrected chi connectivity index (χ4v) is 3.26. The molecule has 1 aromatic heterocycles. The van der Waals surface area contributed by atoms with Crippen molar-refractivity contribution in [1.82, 2.24) is 9.97 Å². The molecule has 0 radical (unpaired) electrons. The lowest BCUT2D eigenvalue weighted by Gasteiger charge is -2.17. The molecule has 1 saturated carbocycles. The molecule has 1 fully saturated rings. The summed E-state index contributed by atoms with van der Waals surface area (Å²) in [7, 11) is 0. The lowest BCUT2D eigenvalue weighted by atomic mass is 10.1. The number of nitrogens with zero attached hydrogens (tertiary/aromatic N) is 2. The predicted octanol–water partition coefficient (Wildman–Crippen LogP) is 4.48. The standard InChI is InChI=1S/C20H26N4O/c1-14-9-7-8-12-17(14)23-19(25)18-13-15(2)21-20(24-18)22-16-10-5-3-4-6-11-16/h7-9,12-13,16H,3-6,10-11H2,1-2H3,(H,23,25)(H,21,22,24). The molecule has 1 heterocycles. The topological polar surface area (TPSA) is 66.9 Å². The maximum absolute atomic E-state index is 12.6. The zero-order chi connectivity index (χ0) is 17.6. The van der Waals surface area contributed by atoms with Crippen molar-refractivity contribution in [3.63, 3.8) is 0 Å². The van der Waals surface area contributed by atoms with Gasteiger partial charge in [0.15, 0.2) is 0 Å². The summed E-state index contributed by atoms with van der Waals surface area (Å²) in [5.74, 6) is 0.352. The van der Waals surface area contributed by atoms with E-state index in [9.17, 15) is 4.79 Å². The molecule has 1 aliphatic carbocycles. The van der Waals surface area contributed by atoms with E-state index < -0.39 is 0 Å². The zero-order valence-corrected chi connectivity index (χ0v) is 15.0. The van der Waals surface area contributed by atoms with Gasteiger partial charge in [-0.2, -0.15) is 0 Å². The molecule has 0 atom stereocenters. The third-order valence-corrected chi connectivity index (χ3v) is 4.67. The third kappa shape index (κ3) is 4.78. The van der Waals surface area contributed by atoms with E-state index >= 15 is 0 Å². The molecule has 2 N–H and O–H groups in total. The molecule has 25 heavy (non-hydrogen) atoms. The van der Waals surface area contributed by atoms with Gasteiger partial charge >= 0.3 is 0 Å². The number of hydrogen-bond acceptors (Lipinski definition) is 4. The van der Waals surface area contributed by atoms with Gasteiger partial charge in [0.05, 0.1) is 0 Å². The molecule has 1 aliphatic rings. The van der Waals surface area contributed by atoms with E-state index in [1.165, 1.54) is 25.7 Å². The summed E-state index contributed by atoms with van der Waals surface area (Å²) in [6, 6.07) is 9.86. The number of amides is 1. The second kappa shape index (κ2) is 8.10. The van der Waals surface area contributed by atoms with Crippen molar-refractivity contribution < 1.29 is 4.79 Å². The van der Waals surface area contributed by atoms with E-state index in [4.69, 9.17) is 0 Å². The van der Waals surface area contributed by atoms with E-state index in [0.717, 1.165) is 29.8 Å². The fraction of sp³-hybridized carbons (Fsp3) is 0.450. The zero-order valence-electron chi connectivity index (χ0n) is 15.0. The first-order valence-electron chi connectivity index (χ1n) is 9.11. The molecule has 132 valence electrons. The van der Waals surface area contributed by atoms with Gasteiger partial charge in [-0.1, -0.05) is 43.9 Å². The van der Waals surface area contributed by atoms with Gasteiger partial charge in [0.2, 0.25) is 5.95 Å². The molecule has 0 unspecified atom stereocenters. The van der Waals surface area contributed by atoms with Gasteiger partial charge < -0.3 is 10.6 Å². The second-order valence-corrected chi connectivity index (χ2v) is 6.82. The van der Waals surface area contributed by atoms with Crippen LogP contribution in [0.4, 0.5) is 11.6 Å². The molecule has 1 aromatic carbocycles. The summed E-state index contributed by atoms with van der Waals surface area (Å²) >= 11 is 0. The van der Waals surface area contributed by atoms with Crippen LogP contribution in [-0.2, 0) is 0 Å². The fourth-order valence-electron chi connectivity index (χ4n) is 3.26. The third-order valence-electron chi connectivity index (χ3n) is 4.67. The van der Waals surface area contributed by atoms with Crippen LogP contribution in [0.15, 0.2) is 30.3 Å². The van der Waals surface area contributed by atoms with E-state index in [1.54, 1.807) is 6.07 Å². The van der Waals surface area contributed by atoms with Crippen LogP contribution in [0.3, 0.4) is 0 Å². The Morgan fingerprint density at radius 1 is 1.04 bits per heavy atom. The molecule has 3 rings (SSSR count). The number of aryl methyl sites for hydroxylation is 2. The first kappa shape index (κ1) is 17.4. The van der Waals surface area contributed by atoms with Crippen LogP contribution in [0.5, 0.6) is 0 Å². The Kier molecular flexibility index (Phi) is 5.64. The quantitative estimate of drug-likeness (QED) is 0.807. The summed E-state index contributed by atoms with van der Waals surface area (Å²) in [5.41, 5.74) is 3.02. The average molecular weight is 338 g/mol. The Morgan fingerprint density at radius 2 is 1.76 bits per heavy atom. The molecule has 0 saturated heterocycles. The minimum Gasteiger partial charge on any atom is -0.351 e. The summed E-state index contributed by atoms with van der Waals surface area (Å²) < 4.78 is 0. The van der Waals surface area contributed by atoms with Gasteiger partial charge in [-0.05, 0) is 44.4 Å². The van der Waals surface area contributed by atoms with Crippen LogP contribution in [0, 0.1) is 13.8 Å². The number of anilines is 2. The van der Waals surface area contributed by atoms with Crippen LogP contribution in [0.1, 0.15) is 60.3 Å². The maximum atomic E-state index is 12.6. The average Bonchev–Trinajstić information content (AvgIpc) is 2.85. The van der Waals surface area contributed by atoms with Gasteiger partial charge in [0, 0.05) is 17.4 Å². The molecule has 1 amide bonds. The van der Waals surface area contributed by atoms with Gasteiger partial charge in [-0.15, -0.1) is 0 Å². The number of carbonyl (C=O) groups is 1. The van der Waals surface area contributed by atoms with Gasteiger partial charge in [0.1, 0.15) is 5.69 Å². The van der Waals surface area contributed by atoms with Crippen molar-refractivity contribution in [1.29, 1.82) is 0 Å². The Labute approximate surface area is 149 Å². The number of aromatic nitrogens is 2. The molecular weight excluding hydrogens is 312 g/mol. The van der Waals surface area contributed by atoms with E-state index in [2.05, 4.69) is 20.6 Å². The van der Waals surface area contributed by atoms with E-state index in [1.807, 2.05) is 38.1 Å². The summed E-state index contributed by atoms with van der Waals surface area (Å²) in [4.78, 5) is 21.5. The number of rotatable bonds is 4. The normalized spacial score (nSPS) is 15.4. The molecule has 0 bridgehead atoms. The second-order valence-electron chi connectivity index (χ2n) is 6.82. The van der Waals surface area contributed by atoms with Crippen molar-refractivity contribution in [3.8, 4) is 0 Å². The van der Waals surface area contributed by atoms with Crippen molar-refractivity contribution in [3.05, 3.63) is 47.3 Å². The molecular formula is C20H26N4O. The van der Waals surface area contributed by atoms with Crippen LogP contribution in [-0.4, -0.2) is 21.9 Å². The Balaban J connectivity index is 1.74. The lowest BCUT2D eigenvalue weighted by molar-refractivity contribution is 0.102. The van der Waals surface area contributed by atoms with Crippen molar-refractivity contribution in [2.75, 3.05) is 10.6 Å². The highest BCUT2D eigenvalue weighted by atomic mass is 16.1. The van der Waals surface area contributed by atoms with Crippen molar-refractivity contribution in [2.45, 2.75) is 58.4 Å². The molecule has 0 aliphatic heterocycles. The van der Waals surface area contributed by atoms with Crippen LogP contribution in [0.2, 0.25) is 0 Å². The molecule has 5 heteroatoms. The lowest BCUT2D eigenvalue weighted by Crippen LogP contribution is -2.22. The van der Waals surface area contributed by atoms with Crippen LogP contribution in [0.25, 0.3) is 0 Å². The van der Waals surface area contributed by atoms with Crippen LogP contribution < -0.4 is 10.6 Å². The Hall–Kier alpha value is -2.43. The smallest absolute Gasteiger partial charge is 0.274 e. The number of nitrogens with one attached hydrogen (secondary N) is 2. The summed E-state index contributed by atoms with van der Waals surface area (Å²) in [6.07, 6.45) is 7.37. The van der Waals surface area contributed by atoms with E-state index in [-0.39, 0.29) is 5.91 Å². The largest absolute Gasteiger partial charge is 0.351 e. The maximum Gasteiger partial charge on any atom is 0.274 e. The number of hydrogen-bond donors (Lipinski definition) is 2. The highest BCUT2D eigenvalue weighted by Gasteiger charge is 2.16. The molecule has 0 spiro atoms. The number of carbonyl (C=O) groups excluding carboxylic acids is 1. The Morgan fingerprint density at radius 3 is 2.48 bits per heavy atom. The minimum absolute atomic E-state index is 0.205. The highest BCUT2D eigenvalue weighted by Crippen LogP contribution is 2.20. The molecule has 2 aromatic rings. The molecule has 5 nitrogen and oxygen atoms in total. The SMILES string of the molecule is Cc1cc(C(=O)Nc2ccccc2C)nc(NC2CCCCCC2)n1. The van der Waals surface area contributed by atoms with Gasteiger partial charge in [-0.25, -0.2) is 9.97 Å².